The molecule has 0 amide bonds. The van der Waals surface area contributed by atoms with Crippen LogP contribution in [0.15, 0.2) is 0 Å². The van der Waals surface area contributed by atoms with Crippen molar-refractivity contribution in [3.8, 4) is 6.07 Å². The Bertz CT molecular complexity index is 292. The maximum atomic E-state index is 9.65. The van der Waals surface area contributed by atoms with Crippen LogP contribution < -0.4 is 0 Å². The molecule has 0 aromatic heterocycles. The zero-order chi connectivity index (χ0) is 13.7. The molecule has 1 rings (SSSR count). The summed E-state index contributed by atoms with van der Waals surface area (Å²) in [6.07, 6.45) is -5.84. The highest BCUT2D eigenvalue weighted by Crippen LogP contribution is 2.22. The minimum absolute atomic E-state index is 0.0513. The fourth-order valence-electron chi connectivity index (χ4n) is 1.66. The Hall–Kier alpha value is -0.750. The molecule has 0 aromatic carbocycles. The monoisotopic (exact) mass is 261 g/mol. The summed E-state index contributed by atoms with van der Waals surface area (Å²) in [6, 6.07) is 2.03. The lowest BCUT2D eigenvalue weighted by Gasteiger charge is -2.39. The first-order valence-electron chi connectivity index (χ1n) is 5.86. The number of rotatable bonds is 5. The average molecular weight is 261 g/mol. The molecule has 6 atom stereocenters. The fraction of sp³-hybridized carbons (Fsp3) is 0.909. The second kappa shape index (κ2) is 6.99. The van der Waals surface area contributed by atoms with Gasteiger partial charge in [-0.3, -0.25) is 0 Å². The molecule has 7 heteroatoms. The lowest BCUT2D eigenvalue weighted by atomic mass is 9.99. The van der Waals surface area contributed by atoms with Gasteiger partial charge in [-0.2, -0.15) is 5.26 Å². The smallest absolute Gasteiger partial charge is 0.186 e. The standard InChI is InChI=1S/C11H19NO6/c1-2-6(3-12)5-17-11-10(16)9(15)8(14)7(4-13)18-11/h6-11,13-16H,2,4-5H2,1H3. The van der Waals surface area contributed by atoms with Gasteiger partial charge in [-0.25, -0.2) is 0 Å². The number of nitriles is 1. The minimum atomic E-state index is -1.46. The molecular weight excluding hydrogens is 242 g/mol. The fourth-order valence-corrected chi connectivity index (χ4v) is 1.66. The molecule has 18 heavy (non-hydrogen) atoms. The van der Waals surface area contributed by atoms with E-state index in [1.54, 1.807) is 0 Å². The lowest BCUT2D eigenvalue weighted by molar-refractivity contribution is -0.302. The third-order valence-electron chi connectivity index (χ3n) is 2.99. The van der Waals surface area contributed by atoms with Gasteiger partial charge in [0, 0.05) is 0 Å². The van der Waals surface area contributed by atoms with E-state index < -0.39 is 37.3 Å². The van der Waals surface area contributed by atoms with Gasteiger partial charge in [-0.15, -0.1) is 0 Å². The molecule has 0 bridgehead atoms. The summed E-state index contributed by atoms with van der Waals surface area (Å²) >= 11 is 0. The second-order valence-electron chi connectivity index (χ2n) is 4.26. The second-order valence-corrected chi connectivity index (χ2v) is 4.26. The third kappa shape index (κ3) is 3.38. The van der Waals surface area contributed by atoms with E-state index in [-0.39, 0.29) is 12.5 Å². The van der Waals surface area contributed by atoms with E-state index in [1.165, 1.54) is 0 Å². The van der Waals surface area contributed by atoms with Crippen molar-refractivity contribution >= 4 is 0 Å². The Morgan fingerprint density at radius 3 is 2.44 bits per heavy atom. The van der Waals surface area contributed by atoms with Crippen LogP contribution >= 0.6 is 0 Å². The predicted molar refractivity (Wildman–Crippen MR) is 59.1 cm³/mol. The Labute approximate surface area is 105 Å². The van der Waals surface area contributed by atoms with Crippen LogP contribution in [0, 0.1) is 17.2 Å². The van der Waals surface area contributed by atoms with Gasteiger partial charge in [-0.05, 0) is 6.42 Å². The zero-order valence-corrected chi connectivity index (χ0v) is 10.1. The number of aliphatic hydroxyl groups excluding tert-OH is 4. The van der Waals surface area contributed by atoms with E-state index in [0.29, 0.717) is 6.42 Å². The number of ether oxygens (including phenoxy) is 2. The van der Waals surface area contributed by atoms with Gasteiger partial charge in [0.2, 0.25) is 0 Å². The van der Waals surface area contributed by atoms with Crippen LogP contribution in [0.25, 0.3) is 0 Å². The molecule has 0 aromatic rings. The van der Waals surface area contributed by atoms with Gasteiger partial charge in [-0.1, -0.05) is 6.92 Å². The average Bonchev–Trinajstić information content (AvgIpc) is 2.39. The summed E-state index contributed by atoms with van der Waals surface area (Å²) in [6.45, 7) is 1.38. The van der Waals surface area contributed by atoms with Crippen LogP contribution in [0.2, 0.25) is 0 Å². The molecule has 7 nitrogen and oxygen atoms in total. The van der Waals surface area contributed by atoms with Crippen molar-refractivity contribution in [2.24, 2.45) is 5.92 Å². The van der Waals surface area contributed by atoms with Gasteiger partial charge in [0.15, 0.2) is 6.29 Å². The number of nitrogens with zero attached hydrogens (tertiary/aromatic N) is 1. The van der Waals surface area contributed by atoms with E-state index in [2.05, 4.69) is 0 Å². The molecule has 104 valence electrons. The van der Waals surface area contributed by atoms with Crippen LogP contribution in [0.3, 0.4) is 0 Å². The van der Waals surface area contributed by atoms with Gasteiger partial charge < -0.3 is 29.9 Å². The normalized spacial score (nSPS) is 38.1. The number of hydrogen-bond donors (Lipinski definition) is 4. The maximum absolute atomic E-state index is 9.65. The van der Waals surface area contributed by atoms with E-state index >= 15 is 0 Å². The van der Waals surface area contributed by atoms with Crippen molar-refractivity contribution in [2.45, 2.75) is 44.1 Å². The molecule has 1 saturated heterocycles. The van der Waals surface area contributed by atoms with E-state index in [1.807, 2.05) is 13.0 Å². The maximum Gasteiger partial charge on any atom is 0.186 e. The van der Waals surface area contributed by atoms with Crippen molar-refractivity contribution in [1.29, 1.82) is 5.26 Å². The summed E-state index contributed by atoms with van der Waals surface area (Å²) in [5.74, 6) is -0.336. The first-order valence-corrected chi connectivity index (χ1v) is 5.86. The van der Waals surface area contributed by atoms with Crippen LogP contribution in [-0.4, -0.2) is 64.3 Å². The molecular formula is C11H19NO6. The Morgan fingerprint density at radius 2 is 1.94 bits per heavy atom. The number of aliphatic hydroxyl groups is 4. The van der Waals surface area contributed by atoms with E-state index in [4.69, 9.17) is 19.8 Å². The summed E-state index contributed by atoms with van der Waals surface area (Å²) in [7, 11) is 0. The Balaban J connectivity index is 2.57. The van der Waals surface area contributed by atoms with Gasteiger partial charge in [0.05, 0.1) is 25.2 Å². The topological polar surface area (TPSA) is 123 Å². The highest BCUT2D eigenvalue weighted by molar-refractivity contribution is 4.89. The SMILES string of the molecule is CCC(C#N)COC1OC(CO)C(O)C(O)C1O. The molecule has 1 aliphatic rings. The van der Waals surface area contributed by atoms with Crippen molar-refractivity contribution in [3.05, 3.63) is 0 Å². The van der Waals surface area contributed by atoms with Crippen LogP contribution in [0.1, 0.15) is 13.3 Å². The molecule has 1 aliphatic heterocycles. The summed E-state index contributed by atoms with van der Waals surface area (Å²) < 4.78 is 10.3. The van der Waals surface area contributed by atoms with Gasteiger partial charge in [0.25, 0.3) is 0 Å². The van der Waals surface area contributed by atoms with Crippen molar-refractivity contribution < 1.29 is 29.9 Å². The molecule has 1 fully saturated rings. The van der Waals surface area contributed by atoms with Crippen LogP contribution in [-0.2, 0) is 9.47 Å². The van der Waals surface area contributed by atoms with E-state index in [9.17, 15) is 15.3 Å². The molecule has 0 saturated carbocycles. The summed E-state index contributed by atoms with van der Waals surface area (Å²) in [4.78, 5) is 0. The lowest BCUT2D eigenvalue weighted by Crippen LogP contribution is -2.59. The molecule has 1 heterocycles. The minimum Gasteiger partial charge on any atom is -0.394 e. The van der Waals surface area contributed by atoms with Crippen molar-refractivity contribution in [3.63, 3.8) is 0 Å². The highest BCUT2D eigenvalue weighted by Gasteiger charge is 2.44. The first-order chi connectivity index (χ1) is 8.54. The van der Waals surface area contributed by atoms with Crippen molar-refractivity contribution in [1.82, 2.24) is 0 Å². The molecule has 0 spiro atoms. The molecule has 0 radical (unpaired) electrons. The summed E-state index contributed by atoms with van der Waals surface area (Å²) in [5.41, 5.74) is 0. The largest absolute Gasteiger partial charge is 0.394 e. The zero-order valence-electron chi connectivity index (χ0n) is 10.1. The van der Waals surface area contributed by atoms with Gasteiger partial charge in [0.1, 0.15) is 24.4 Å². The van der Waals surface area contributed by atoms with Crippen molar-refractivity contribution in [2.75, 3.05) is 13.2 Å². The van der Waals surface area contributed by atoms with Gasteiger partial charge >= 0.3 is 0 Å². The Kier molecular flexibility index (Phi) is 5.95. The number of hydrogen-bond acceptors (Lipinski definition) is 7. The highest BCUT2D eigenvalue weighted by atomic mass is 16.7. The predicted octanol–water partition coefficient (Wildman–Crippen LogP) is -1.65. The molecule has 4 N–H and O–H groups in total. The third-order valence-corrected chi connectivity index (χ3v) is 2.99. The molecule has 0 aliphatic carbocycles. The first kappa shape index (κ1) is 15.3. The van der Waals surface area contributed by atoms with E-state index in [0.717, 1.165) is 0 Å². The summed E-state index contributed by atoms with van der Waals surface area (Å²) in [5, 5.41) is 46.4. The van der Waals surface area contributed by atoms with Crippen LogP contribution in [0.5, 0.6) is 0 Å². The van der Waals surface area contributed by atoms with Crippen LogP contribution in [0.4, 0.5) is 0 Å². The quantitative estimate of drug-likeness (QED) is 0.467. The Morgan fingerprint density at radius 1 is 1.28 bits per heavy atom. The molecule has 6 unspecified atom stereocenters.